The van der Waals surface area contributed by atoms with Crippen molar-refractivity contribution >= 4 is 11.8 Å². The Morgan fingerprint density at radius 1 is 1.09 bits per heavy atom. The summed E-state index contributed by atoms with van der Waals surface area (Å²) < 4.78 is 27.0. The van der Waals surface area contributed by atoms with Gasteiger partial charge in [-0.2, -0.15) is 10.2 Å². The highest BCUT2D eigenvalue weighted by molar-refractivity contribution is 5.95. The van der Waals surface area contributed by atoms with Gasteiger partial charge in [-0.15, -0.1) is 0 Å². The number of nitrogens with zero attached hydrogens (tertiary/aromatic N) is 4. The van der Waals surface area contributed by atoms with Crippen LogP contribution >= 0.6 is 0 Å². The fourth-order valence-corrected chi connectivity index (χ4v) is 5.94. The molecule has 2 saturated heterocycles. The number of methoxy groups -OCH3 is 1. The summed E-state index contributed by atoms with van der Waals surface area (Å²) in [6, 6.07) is 14.1. The minimum atomic E-state index is -0.634. The van der Waals surface area contributed by atoms with Gasteiger partial charge in [0.15, 0.2) is 0 Å². The lowest BCUT2D eigenvalue weighted by molar-refractivity contribution is -0.128. The molecular formula is C35H44FN5O4. The number of carbonyl (C=O) groups excluding carboxylic acids is 2. The fraction of sp³-hybridized carbons (Fsp3) is 0.486. The molecule has 0 bridgehead atoms. The molecule has 0 radical (unpaired) electrons. The predicted octanol–water partition coefficient (Wildman–Crippen LogP) is 5.80. The zero-order valence-corrected chi connectivity index (χ0v) is 26.7. The van der Waals surface area contributed by atoms with Crippen LogP contribution in [0.1, 0.15) is 74.0 Å². The molecule has 2 aliphatic rings. The van der Waals surface area contributed by atoms with Gasteiger partial charge in [-0.1, -0.05) is 20.8 Å². The number of hydrogen-bond acceptors (Lipinski definition) is 7. The van der Waals surface area contributed by atoms with Crippen LogP contribution in [0.3, 0.4) is 0 Å². The summed E-state index contributed by atoms with van der Waals surface area (Å²) in [5.41, 5.74) is 2.99. The molecule has 0 spiro atoms. The van der Waals surface area contributed by atoms with Gasteiger partial charge >= 0.3 is 0 Å². The molecular weight excluding hydrogens is 573 g/mol. The Hall–Kier alpha value is -3.89. The van der Waals surface area contributed by atoms with Crippen LogP contribution in [0.5, 0.6) is 11.5 Å². The molecule has 2 aliphatic heterocycles. The normalized spacial score (nSPS) is 17.7. The topological polar surface area (TPSA) is 96.9 Å². The number of piperidine rings is 1. The first kappa shape index (κ1) is 32.5. The van der Waals surface area contributed by atoms with E-state index in [9.17, 15) is 9.59 Å². The summed E-state index contributed by atoms with van der Waals surface area (Å²) in [7, 11) is 1.70. The molecule has 3 aromatic rings. The van der Waals surface area contributed by atoms with E-state index in [1.807, 2.05) is 43.3 Å². The Labute approximate surface area is 265 Å². The molecule has 1 N–H and O–H groups in total. The molecule has 2 amide bonds. The highest BCUT2D eigenvalue weighted by atomic mass is 19.1. The number of nitrogens with one attached hydrogen (secondary N) is 1. The monoisotopic (exact) mass is 617 g/mol. The fourth-order valence-electron chi connectivity index (χ4n) is 5.94. The number of ether oxygens (including phenoxy) is 2. The molecule has 3 heterocycles. The van der Waals surface area contributed by atoms with Crippen LogP contribution < -0.4 is 10.1 Å². The third kappa shape index (κ3) is 8.43. The second kappa shape index (κ2) is 14.9. The van der Waals surface area contributed by atoms with Crippen LogP contribution in [-0.4, -0.2) is 77.7 Å². The number of amides is 2. The molecule has 9 nitrogen and oxygen atoms in total. The molecule has 1 atom stereocenters. The molecule has 5 rings (SSSR count). The lowest BCUT2D eigenvalue weighted by Gasteiger charge is -2.32. The smallest absolute Gasteiger partial charge is 0.254 e. The van der Waals surface area contributed by atoms with Crippen LogP contribution in [0.2, 0.25) is 0 Å². The summed E-state index contributed by atoms with van der Waals surface area (Å²) in [5, 5.41) is 11.7. The van der Waals surface area contributed by atoms with Crippen molar-refractivity contribution in [1.29, 1.82) is 0 Å². The number of benzene rings is 2. The van der Waals surface area contributed by atoms with Gasteiger partial charge in [0.2, 0.25) is 5.91 Å². The molecule has 10 heteroatoms. The molecule has 0 aliphatic carbocycles. The van der Waals surface area contributed by atoms with E-state index in [-0.39, 0.29) is 30.0 Å². The summed E-state index contributed by atoms with van der Waals surface area (Å²) in [6.45, 7) is 10.4. The second-order valence-electron chi connectivity index (χ2n) is 12.6. The highest BCUT2D eigenvalue weighted by Crippen LogP contribution is 2.32. The lowest BCUT2D eigenvalue weighted by atomic mass is 10.0. The number of carbonyl (C=O) groups is 2. The molecule has 1 unspecified atom stereocenters. The maximum atomic E-state index is 15.5. The summed E-state index contributed by atoms with van der Waals surface area (Å²) in [5.74, 6) is 0.313. The number of likely N-dealkylation sites (tertiary alicyclic amines) is 2. The number of rotatable bonds is 12. The van der Waals surface area contributed by atoms with Gasteiger partial charge in [0.05, 0.1) is 17.0 Å². The highest BCUT2D eigenvalue weighted by Gasteiger charge is 2.29. The van der Waals surface area contributed by atoms with E-state index >= 15 is 4.39 Å². The van der Waals surface area contributed by atoms with Crippen LogP contribution in [0.25, 0.3) is 11.3 Å². The van der Waals surface area contributed by atoms with Gasteiger partial charge in [0.1, 0.15) is 17.3 Å². The maximum Gasteiger partial charge on any atom is 0.254 e. The first-order valence-electron chi connectivity index (χ1n) is 15.9. The quantitative estimate of drug-likeness (QED) is 0.257. The number of halogens is 1. The van der Waals surface area contributed by atoms with Crippen molar-refractivity contribution < 1.29 is 23.5 Å². The second-order valence-corrected chi connectivity index (χ2v) is 12.6. The van der Waals surface area contributed by atoms with Gasteiger partial charge in [-0.05, 0) is 79.6 Å². The van der Waals surface area contributed by atoms with Crippen molar-refractivity contribution in [3.63, 3.8) is 0 Å². The SMILES string of the molecule is COCCCN1CCC(NC(=O)c2cc(Oc3ccc(-c4ccc(C(C)C)nn4)cc3)c(CN3CC(C)CC3=O)cc2F)CC1. The van der Waals surface area contributed by atoms with E-state index in [1.165, 1.54) is 12.1 Å². The average Bonchev–Trinajstić information content (AvgIpc) is 3.35. The van der Waals surface area contributed by atoms with E-state index in [2.05, 4.69) is 34.3 Å². The van der Waals surface area contributed by atoms with E-state index < -0.39 is 11.7 Å². The first-order chi connectivity index (χ1) is 21.7. The van der Waals surface area contributed by atoms with E-state index in [1.54, 1.807) is 12.0 Å². The standard InChI is InChI=1S/C35H44FN5O4/c1-23(2)31-10-11-32(39-38-31)25-6-8-28(9-7-25)45-33-20-29(30(36)19-26(33)22-41-21-24(3)18-34(41)42)35(43)37-27-12-15-40(16-13-27)14-5-17-44-4/h6-11,19-20,23-24,27H,5,12-18,21-22H2,1-4H3,(H,37,43). The number of aromatic nitrogens is 2. The average molecular weight is 618 g/mol. The Bertz CT molecular complexity index is 1460. The zero-order valence-electron chi connectivity index (χ0n) is 26.7. The summed E-state index contributed by atoms with van der Waals surface area (Å²) in [4.78, 5) is 30.0. The summed E-state index contributed by atoms with van der Waals surface area (Å²) >= 11 is 0. The van der Waals surface area contributed by atoms with Crippen molar-refractivity contribution in [2.24, 2.45) is 5.92 Å². The third-order valence-electron chi connectivity index (χ3n) is 8.56. The van der Waals surface area contributed by atoms with Crippen molar-refractivity contribution in [3.05, 3.63) is 71.2 Å². The third-order valence-corrected chi connectivity index (χ3v) is 8.56. The Morgan fingerprint density at radius 3 is 2.47 bits per heavy atom. The molecule has 240 valence electrons. The molecule has 1 aromatic heterocycles. The van der Waals surface area contributed by atoms with Crippen molar-refractivity contribution in [2.75, 3.05) is 39.9 Å². The van der Waals surface area contributed by atoms with E-state index in [4.69, 9.17) is 9.47 Å². The molecule has 45 heavy (non-hydrogen) atoms. The van der Waals surface area contributed by atoms with Gasteiger partial charge in [0, 0.05) is 70.0 Å². The molecule has 0 saturated carbocycles. The van der Waals surface area contributed by atoms with Crippen LogP contribution in [0.15, 0.2) is 48.5 Å². The van der Waals surface area contributed by atoms with Gasteiger partial charge in [0.25, 0.3) is 5.91 Å². The van der Waals surface area contributed by atoms with Crippen molar-refractivity contribution in [3.8, 4) is 22.8 Å². The van der Waals surface area contributed by atoms with Gasteiger partial charge in [-0.3, -0.25) is 9.59 Å². The minimum absolute atomic E-state index is 0.0261. The Kier molecular flexibility index (Phi) is 10.8. The van der Waals surface area contributed by atoms with Crippen LogP contribution in [-0.2, 0) is 16.1 Å². The van der Waals surface area contributed by atoms with Crippen molar-refractivity contribution in [2.45, 2.75) is 65.0 Å². The molecule has 2 aromatic carbocycles. The van der Waals surface area contributed by atoms with E-state index in [0.29, 0.717) is 35.9 Å². The largest absolute Gasteiger partial charge is 0.457 e. The van der Waals surface area contributed by atoms with Crippen molar-refractivity contribution in [1.82, 2.24) is 25.3 Å². The lowest BCUT2D eigenvalue weighted by Crippen LogP contribution is -2.45. The van der Waals surface area contributed by atoms with Crippen LogP contribution in [0.4, 0.5) is 4.39 Å². The summed E-state index contributed by atoms with van der Waals surface area (Å²) in [6.07, 6.45) is 3.03. The predicted molar refractivity (Wildman–Crippen MR) is 171 cm³/mol. The molecule has 2 fully saturated rings. The Balaban J connectivity index is 1.32. The van der Waals surface area contributed by atoms with Gasteiger partial charge < -0.3 is 24.6 Å². The number of hydrogen-bond donors (Lipinski definition) is 1. The van der Waals surface area contributed by atoms with E-state index in [0.717, 1.165) is 62.5 Å². The maximum absolute atomic E-state index is 15.5. The first-order valence-corrected chi connectivity index (χ1v) is 15.9. The van der Waals surface area contributed by atoms with Gasteiger partial charge in [-0.25, -0.2) is 4.39 Å². The zero-order chi connectivity index (χ0) is 31.9. The Morgan fingerprint density at radius 2 is 1.84 bits per heavy atom. The van der Waals surface area contributed by atoms with Crippen LogP contribution in [0, 0.1) is 11.7 Å². The minimum Gasteiger partial charge on any atom is -0.457 e.